The van der Waals surface area contributed by atoms with Gasteiger partial charge in [0.15, 0.2) is 0 Å². The summed E-state index contributed by atoms with van der Waals surface area (Å²) in [6.45, 7) is 13.1. The Morgan fingerprint density at radius 1 is 1.47 bits per heavy atom. The summed E-state index contributed by atoms with van der Waals surface area (Å²) in [4.78, 5) is 7.31. The molecule has 0 aromatic carbocycles. The molecule has 2 unspecified atom stereocenters. The standard InChI is InChI=1S/C15H27N3S/c1-11-5-6-18(8-12(11)7-16)9-14-17-13(10-19-14)15(2,3)4/h10-12H,5-9,16H2,1-4H3. The van der Waals surface area contributed by atoms with Crippen molar-refractivity contribution >= 4 is 11.3 Å². The van der Waals surface area contributed by atoms with Crippen molar-refractivity contribution in [2.45, 2.75) is 46.1 Å². The fraction of sp³-hybridized carbons (Fsp3) is 0.800. The van der Waals surface area contributed by atoms with Crippen molar-refractivity contribution < 1.29 is 0 Å². The molecule has 4 heteroatoms. The van der Waals surface area contributed by atoms with Crippen LogP contribution in [-0.4, -0.2) is 29.5 Å². The second-order valence-electron chi connectivity index (χ2n) is 6.87. The van der Waals surface area contributed by atoms with Gasteiger partial charge in [0.05, 0.1) is 12.2 Å². The maximum Gasteiger partial charge on any atom is 0.107 e. The van der Waals surface area contributed by atoms with Crippen LogP contribution in [0.3, 0.4) is 0 Å². The van der Waals surface area contributed by atoms with Gasteiger partial charge in [-0.15, -0.1) is 11.3 Å². The smallest absolute Gasteiger partial charge is 0.107 e. The van der Waals surface area contributed by atoms with Crippen molar-refractivity contribution in [3.63, 3.8) is 0 Å². The van der Waals surface area contributed by atoms with E-state index in [4.69, 9.17) is 10.7 Å². The average Bonchev–Trinajstić information content (AvgIpc) is 2.80. The molecule has 2 rings (SSSR count). The van der Waals surface area contributed by atoms with Crippen LogP contribution in [-0.2, 0) is 12.0 Å². The van der Waals surface area contributed by atoms with Gasteiger partial charge in [-0.25, -0.2) is 4.98 Å². The molecule has 1 aliphatic rings. The van der Waals surface area contributed by atoms with Gasteiger partial charge in [0.2, 0.25) is 0 Å². The summed E-state index contributed by atoms with van der Waals surface area (Å²) in [5.41, 5.74) is 7.24. The Labute approximate surface area is 121 Å². The van der Waals surface area contributed by atoms with Crippen LogP contribution >= 0.6 is 11.3 Å². The predicted octanol–water partition coefficient (Wildman–Crippen LogP) is 2.86. The summed E-state index contributed by atoms with van der Waals surface area (Å²) >= 11 is 1.80. The Hall–Kier alpha value is -0.450. The summed E-state index contributed by atoms with van der Waals surface area (Å²) in [7, 11) is 0. The van der Waals surface area contributed by atoms with Crippen LogP contribution in [0.2, 0.25) is 0 Å². The monoisotopic (exact) mass is 281 g/mol. The highest BCUT2D eigenvalue weighted by Gasteiger charge is 2.26. The Balaban J connectivity index is 1.96. The minimum absolute atomic E-state index is 0.158. The van der Waals surface area contributed by atoms with Crippen LogP contribution in [0, 0.1) is 11.8 Å². The summed E-state index contributed by atoms with van der Waals surface area (Å²) in [6.07, 6.45) is 1.26. The molecule has 2 atom stereocenters. The summed E-state index contributed by atoms with van der Waals surface area (Å²) < 4.78 is 0. The number of thiazole rings is 1. The molecule has 1 aromatic heterocycles. The Kier molecular flexibility index (Phi) is 4.64. The zero-order chi connectivity index (χ0) is 14.0. The van der Waals surface area contributed by atoms with Crippen LogP contribution in [0.25, 0.3) is 0 Å². The molecule has 0 amide bonds. The zero-order valence-electron chi connectivity index (χ0n) is 12.6. The average molecular weight is 281 g/mol. The van der Waals surface area contributed by atoms with Gasteiger partial charge in [-0.2, -0.15) is 0 Å². The number of rotatable bonds is 3. The van der Waals surface area contributed by atoms with Crippen LogP contribution in [0.5, 0.6) is 0 Å². The molecular formula is C15H27N3S. The normalized spacial score (nSPS) is 25.7. The first kappa shape index (κ1) is 14.9. The second kappa shape index (κ2) is 5.90. The molecule has 3 nitrogen and oxygen atoms in total. The van der Waals surface area contributed by atoms with Gasteiger partial charge in [0.25, 0.3) is 0 Å². The molecule has 19 heavy (non-hydrogen) atoms. The van der Waals surface area contributed by atoms with E-state index in [-0.39, 0.29) is 5.41 Å². The first-order valence-corrected chi connectivity index (χ1v) is 8.15. The van der Waals surface area contributed by atoms with E-state index < -0.39 is 0 Å². The third-order valence-corrected chi connectivity index (χ3v) is 5.01. The van der Waals surface area contributed by atoms with E-state index in [2.05, 4.69) is 38.0 Å². The van der Waals surface area contributed by atoms with Crippen molar-refractivity contribution in [1.29, 1.82) is 0 Å². The van der Waals surface area contributed by atoms with Gasteiger partial charge < -0.3 is 5.73 Å². The molecule has 2 heterocycles. The highest BCUT2D eigenvalue weighted by Crippen LogP contribution is 2.27. The van der Waals surface area contributed by atoms with Crippen molar-refractivity contribution in [2.75, 3.05) is 19.6 Å². The van der Waals surface area contributed by atoms with Crippen molar-refractivity contribution in [1.82, 2.24) is 9.88 Å². The van der Waals surface area contributed by atoms with Crippen molar-refractivity contribution in [3.8, 4) is 0 Å². The van der Waals surface area contributed by atoms with Crippen LogP contribution in [0.15, 0.2) is 5.38 Å². The largest absolute Gasteiger partial charge is 0.330 e. The van der Waals surface area contributed by atoms with Crippen molar-refractivity contribution in [3.05, 3.63) is 16.1 Å². The summed E-state index contributed by atoms with van der Waals surface area (Å²) in [6, 6.07) is 0. The molecule has 108 valence electrons. The van der Waals surface area contributed by atoms with Gasteiger partial charge in [0, 0.05) is 17.3 Å². The van der Waals surface area contributed by atoms with E-state index in [1.807, 2.05) is 0 Å². The fourth-order valence-electron chi connectivity index (χ4n) is 2.59. The Bertz CT molecular complexity index is 408. The maximum absolute atomic E-state index is 5.87. The van der Waals surface area contributed by atoms with Crippen LogP contribution < -0.4 is 5.73 Å². The minimum Gasteiger partial charge on any atom is -0.330 e. The first-order valence-electron chi connectivity index (χ1n) is 7.27. The second-order valence-corrected chi connectivity index (χ2v) is 7.82. The number of aromatic nitrogens is 1. The molecule has 0 saturated carbocycles. The van der Waals surface area contributed by atoms with E-state index in [1.54, 1.807) is 11.3 Å². The first-order chi connectivity index (χ1) is 8.90. The van der Waals surface area contributed by atoms with Gasteiger partial charge in [-0.1, -0.05) is 27.7 Å². The van der Waals surface area contributed by atoms with Crippen molar-refractivity contribution in [2.24, 2.45) is 17.6 Å². The predicted molar refractivity (Wildman–Crippen MR) is 82.4 cm³/mol. The number of nitrogens with two attached hydrogens (primary N) is 1. The van der Waals surface area contributed by atoms with Gasteiger partial charge in [-0.3, -0.25) is 4.90 Å². The van der Waals surface area contributed by atoms with E-state index in [0.717, 1.165) is 25.6 Å². The van der Waals surface area contributed by atoms with Gasteiger partial charge in [-0.05, 0) is 31.3 Å². The third kappa shape index (κ3) is 3.77. The molecule has 1 fully saturated rings. The lowest BCUT2D eigenvalue weighted by Gasteiger charge is -2.36. The maximum atomic E-state index is 5.87. The molecule has 0 radical (unpaired) electrons. The van der Waals surface area contributed by atoms with Crippen LogP contribution in [0.4, 0.5) is 0 Å². The van der Waals surface area contributed by atoms with E-state index >= 15 is 0 Å². The molecular weight excluding hydrogens is 254 g/mol. The molecule has 0 bridgehead atoms. The lowest BCUT2D eigenvalue weighted by molar-refractivity contribution is 0.126. The molecule has 1 aliphatic heterocycles. The lowest BCUT2D eigenvalue weighted by Crippen LogP contribution is -2.42. The van der Waals surface area contributed by atoms with Crippen LogP contribution in [0.1, 0.15) is 44.8 Å². The number of hydrogen-bond donors (Lipinski definition) is 1. The highest BCUT2D eigenvalue weighted by atomic mass is 32.1. The molecule has 1 aromatic rings. The summed E-state index contributed by atoms with van der Waals surface area (Å²) in [5, 5.41) is 3.46. The number of likely N-dealkylation sites (tertiary alicyclic amines) is 1. The third-order valence-electron chi connectivity index (χ3n) is 4.18. The molecule has 1 saturated heterocycles. The summed E-state index contributed by atoms with van der Waals surface area (Å²) in [5.74, 6) is 1.42. The molecule has 0 aliphatic carbocycles. The van der Waals surface area contributed by atoms with Gasteiger partial charge >= 0.3 is 0 Å². The van der Waals surface area contributed by atoms with E-state index in [0.29, 0.717) is 5.92 Å². The SMILES string of the molecule is CC1CCN(Cc2nc(C(C)(C)C)cs2)CC1CN. The number of nitrogens with zero attached hydrogens (tertiary/aromatic N) is 2. The highest BCUT2D eigenvalue weighted by molar-refractivity contribution is 7.09. The fourth-order valence-corrected chi connectivity index (χ4v) is 3.66. The zero-order valence-corrected chi connectivity index (χ0v) is 13.5. The Morgan fingerprint density at radius 3 is 2.79 bits per heavy atom. The minimum atomic E-state index is 0.158. The topological polar surface area (TPSA) is 42.2 Å². The molecule has 0 spiro atoms. The van der Waals surface area contributed by atoms with E-state index in [1.165, 1.54) is 23.7 Å². The number of hydrogen-bond acceptors (Lipinski definition) is 4. The lowest BCUT2D eigenvalue weighted by atomic mass is 9.87. The molecule has 2 N–H and O–H groups in total. The van der Waals surface area contributed by atoms with E-state index in [9.17, 15) is 0 Å². The van der Waals surface area contributed by atoms with Gasteiger partial charge in [0.1, 0.15) is 5.01 Å². The number of piperidine rings is 1. The quantitative estimate of drug-likeness (QED) is 0.926. The Morgan fingerprint density at radius 2 is 2.21 bits per heavy atom.